The van der Waals surface area contributed by atoms with E-state index in [0.29, 0.717) is 0 Å². The smallest absolute Gasteiger partial charge is 0.159 e. The number of fused-ring (bicyclic) bond motifs is 23. The minimum atomic E-state index is -0.636. The molecule has 0 saturated heterocycles. The zero-order chi connectivity index (χ0) is 58.3. The summed E-state index contributed by atoms with van der Waals surface area (Å²) in [7, 11) is 0. The Kier molecular flexibility index (Phi) is 10.7. The molecule has 0 unspecified atom stereocenters. The van der Waals surface area contributed by atoms with Gasteiger partial charge in [-0.15, -0.1) is 0 Å². The van der Waals surface area contributed by atoms with Crippen molar-refractivity contribution in [1.29, 1.82) is 0 Å². The zero-order valence-electron chi connectivity index (χ0n) is 48.2. The van der Waals surface area contributed by atoms with Gasteiger partial charge in [-0.05, 0) is 184 Å². The van der Waals surface area contributed by atoms with Crippen molar-refractivity contribution in [3.05, 3.63) is 338 Å². The van der Waals surface area contributed by atoms with Crippen LogP contribution in [0.2, 0.25) is 0 Å². The van der Waals surface area contributed by atoms with Crippen molar-refractivity contribution >= 4 is 110 Å². The summed E-state index contributed by atoms with van der Waals surface area (Å²) in [5.74, 6) is 0. The van der Waals surface area contributed by atoms with Crippen molar-refractivity contribution in [2.45, 2.75) is 5.41 Å². The molecule has 17 aromatic rings. The molecule has 4 heteroatoms. The van der Waals surface area contributed by atoms with Crippen LogP contribution in [0.15, 0.2) is 324 Å². The highest BCUT2D eigenvalue weighted by molar-refractivity contribution is 6.23. The Labute approximate surface area is 513 Å². The first-order valence-electron chi connectivity index (χ1n) is 30.6. The summed E-state index contributed by atoms with van der Waals surface area (Å²) in [5, 5.41) is 11.9. The number of nitrogens with zero attached hydrogens (tertiary/aromatic N) is 2. The normalized spacial score (nSPS) is 12.8. The number of furan rings is 2. The maximum Gasteiger partial charge on any atom is 0.159 e. The Morgan fingerprint density at radius 2 is 0.663 bits per heavy atom. The molecular formula is C85H52N2O2. The van der Waals surface area contributed by atoms with Crippen LogP contribution in [0, 0.1) is 0 Å². The number of hydrogen-bond donors (Lipinski definition) is 0. The fraction of sp³-hybridized carbons (Fsp3) is 0.0118. The maximum absolute atomic E-state index is 6.70. The largest absolute Gasteiger partial charge is 0.454 e. The lowest BCUT2D eigenvalue weighted by atomic mass is 9.68. The van der Waals surface area contributed by atoms with Crippen LogP contribution < -0.4 is 9.80 Å². The average molecular weight is 1130 g/mol. The van der Waals surface area contributed by atoms with Gasteiger partial charge < -0.3 is 18.6 Å². The minimum absolute atomic E-state index is 0.636. The van der Waals surface area contributed by atoms with Crippen LogP contribution in [0.5, 0.6) is 0 Å². The first kappa shape index (κ1) is 49.5. The topological polar surface area (TPSA) is 32.8 Å². The van der Waals surface area contributed by atoms with E-state index in [1.54, 1.807) is 0 Å². The molecule has 2 aliphatic rings. The van der Waals surface area contributed by atoms with Crippen LogP contribution in [0.4, 0.5) is 34.1 Å². The molecule has 0 N–H and O–H groups in total. The molecule has 4 nitrogen and oxygen atoms in total. The zero-order valence-corrected chi connectivity index (χ0v) is 48.2. The summed E-state index contributed by atoms with van der Waals surface area (Å²) in [6, 6.07) is 116. The predicted octanol–water partition coefficient (Wildman–Crippen LogP) is 23.6. The molecule has 414 valence electrons. The van der Waals surface area contributed by atoms with E-state index in [4.69, 9.17) is 8.83 Å². The number of rotatable bonds is 8. The first-order valence-corrected chi connectivity index (χ1v) is 30.6. The molecule has 2 aromatic heterocycles. The molecule has 0 amide bonds. The molecule has 2 heterocycles. The van der Waals surface area contributed by atoms with E-state index < -0.39 is 5.41 Å². The molecule has 0 saturated carbocycles. The molecule has 0 bridgehead atoms. The highest BCUT2D eigenvalue weighted by Gasteiger charge is 2.54. The highest BCUT2D eigenvalue weighted by Crippen LogP contribution is 2.67. The quantitative estimate of drug-likeness (QED) is 0.142. The van der Waals surface area contributed by atoms with Crippen LogP contribution in [-0.4, -0.2) is 0 Å². The lowest BCUT2D eigenvalue weighted by molar-refractivity contribution is 0.668. The Hall–Kier alpha value is -11.7. The maximum atomic E-state index is 6.70. The second-order valence-corrected chi connectivity index (χ2v) is 23.7. The van der Waals surface area contributed by atoms with Gasteiger partial charge in [0.2, 0.25) is 0 Å². The molecule has 0 atom stereocenters. The van der Waals surface area contributed by atoms with E-state index in [-0.39, 0.29) is 0 Å². The lowest BCUT2D eigenvalue weighted by Gasteiger charge is -2.33. The van der Waals surface area contributed by atoms with E-state index in [1.807, 2.05) is 12.1 Å². The molecular weight excluding hydrogens is 1080 g/mol. The third kappa shape index (κ3) is 7.11. The summed E-state index contributed by atoms with van der Waals surface area (Å²) in [6.07, 6.45) is 0. The van der Waals surface area contributed by atoms with E-state index in [2.05, 4.69) is 313 Å². The second kappa shape index (κ2) is 19.1. The standard InChI is InChI=1S/C85H52N2O2/c1-3-21-56(22-4-1)86(76-37-19-33-69-64-29-13-17-39-78(64)88-83(69)76)58-46-41-53(42-47-58)55-45-50-68-72(51-55)60-25-7-9-31-66(60)80-73-52-71(61-26-8-10-32-67(61)81(73)85(82(68)80)74-35-15-11-27-62(74)63-28-12-16-36-75(63)85)54-43-48-59(49-44-54)87(57-23-5-2-6-24-57)77-38-20-34-70-65-30-14-18-40-79(65)89-84(70)77/h1-52H. The van der Waals surface area contributed by atoms with Gasteiger partial charge in [0.1, 0.15) is 11.2 Å². The van der Waals surface area contributed by atoms with Gasteiger partial charge in [-0.25, -0.2) is 0 Å². The molecule has 0 fully saturated rings. The molecule has 89 heavy (non-hydrogen) atoms. The van der Waals surface area contributed by atoms with Crippen molar-refractivity contribution in [2.24, 2.45) is 0 Å². The van der Waals surface area contributed by atoms with Crippen molar-refractivity contribution in [3.63, 3.8) is 0 Å². The van der Waals surface area contributed by atoms with Gasteiger partial charge in [0.05, 0.1) is 16.8 Å². The van der Waals surface area contributed by atoms with Crippen LogP contribution in [-0.2, 0) is 5.41 Å². The van der Waals surface area contributed by atoms with Crippen LogP contribution in [0.1, 0.15) is 22.3 Å². The van der Waals surface area contributed by atoms with Gasteiger partial charge in [-0.2, -0.15) is 0 Å². The Bertz CT molecular complexity index is 5700. The van der Waals surface area contributed by atoms with Gasteiger partial charge in [0.25, 0.3) is 0 Å². The summed E-state index contributed by atoms with van der Waals surface area (Å²) in [5.41, 5.74) is 24.1. The Morgan fingerprint density at radius 1 is 0.236 bits per heavy atom. The summed E-state index contributed by atoms with van der Waals surface area (Å²) >= 11 is 0. The minimum Gasteiger partial charge on any atom is -0.454 e. The van der Waals surface area contributed by atoms with Crippen molar-refractivity contribution < 1.29 is 8.83 Å². The molecule has 19 rings (SSSR count). The van der Waals surface area contributed by atoms with Gasteiger partial charge in [0.15, 0.2) is 11.2 Å². The highest BCUT2D eigenvalue weighted by atomic mass is 16.3. The van der Waals surface area contributed by atoms with Gasteiger partial charge in [-0.3, -0.25) is 0 Å². The molecule has 1 spiro atoms. The lowest BCUT2D eigenvalue weighted by Crippen LogP contribution is -2.26. The number of anilines is 6. The number of benzene rings is 15. The van der Waals surface area contributed by atoms with Crippen molar-refractivity contribution in [3.8, 4) is 44.5 Å². The SMILES string of the molecule is c1ccc(N(c2ccc(-c3ccc4c5c(c6ccccc6c4c3)-c3cc(-c4ccc(N(c6ccccc6)c6cccc7c6oc6ccccc67)cc4)c4ccccc4c3C53c4ccccc4-c4ccccc43)cc2)c2cccc3c2oc2ccccc23)cc1. The van der Waals surface area contributed by atoms with Crippen LogP contribution >= 0.6 is 0 Å². The second-order valence-electron chi connectivity index (χ2n) is 23.7. The third-order valence-corrected chi connectivity index (χ3v) is 19.2. The number of para-hydroxylation sites is 6. The summed E-state index contributed by atoms with van der Waals surface area (Å²) < 4.78 is 13.4. The average Bonchev–Trinajstić information content (AvgIpc) is 1.49. The van der Waals surface area contributed by atoms with Gasteiger partial charge >= 0.3 is 0 Å². The Morgan fingerprint density at radius 3 is 1.24 bits per heavy atom. The molecule has 15 aromatic carbocycles. The fourth-order valence-corrected chi connectivity index (χ4v) is 15.6. The molecule has 0 radical (unpaired) electrons. The van der Waals surface area contributed by atoms with E-state index in [9.17, 15) is 0 Å². The van der Waals surface area contributed by atoms with Gasteiger partial charge in [-0.1, -0.05) is 231 Å². The van der Waals surface area contributed by atoms with E-state index in [0.717, 1.165) is 94.7 Å². The predicted molar refractivity (Wildman–Crippen MR) is 370 cm³/mol. The van der Waals surface area contributed by atoms with E-state index in [1.165, 1.54) is 82.4 Å². The summed E-state index contributed by atoms with van der Waals surface area (Å²) in [4.78, 5) is 4.64. The van der Waals surface area contributed by atoms with Crippen molar-refractivity contribution in [1.82, 2.24) is 0 Å². The molecule has 2 aliphatic carbocycles. The number of hydrogen-bond acceptors (Lipinski definition) is 4. The third-order valence-electron chi connectivity index (χ3n) is 19.2. The first-order chi connectivity index (χ1) is 44.2. The summed E-state index contributed by atoms with van der Waals surface area (Å²) in [6.45, 7) is 0. The molecule has 0 aliphatic heterocycles. The Balaban J connectivity index is 0.802. The van der Waals surface area contributed by atoms with Gasteiger partial charge in [0, 0.05) is 44.3 Å². The van der Waals surface area contributed by atoms with Crippen LogP contribution in [0.25, 0.3) is 121 Å². The van der Waals surface area contributed by atoms with E-state index >= 15 is 0 Å². The monoisotopic (exact) mass is 1130 g/mol. The van der Waals surface area contributed by atoms with Crippen LogP contribution in [0.3, 0.4) is 0 Å². The fourth-order valence-electron chi connectivity index (χ4n) is 15.6. The van der Waals surface area contributed by atoms with Crippen molar-refractivity contribution in [2.75, 3.05) is 9.80 Å².